The first-order valence-corrected chi connectivity index (χ1v) is 6.63. The molecule has 3 nitrogen and oxygen atoms in total. The van der Waals surface area contributed by atoms with Crippen molar-refractivity contribution in [3.05, 3.63) is 0 Å². The van der Waals surface area contributed by atoms with Crippen LogP contribution >= 0.6 is 0 Å². The molecule has 0 aromatic carbocycles. The lowest BCUT2D eigenvalue weighted by atomic mass is 9.76. The quantitative estimate of drug-likeness (QED) is 0.678. The van der Waals surface area contributed by atoms with E-state index in [1.54, 1.807) is 0 Å². The summed E-state index contributed by atoms with van der Waals surface area (Å²) in [5, 5.41) is 9.12. The van der Waals surface area contributed by atoms with Crippen LogP contribution in [0.15, 0.2) is 0 Å². The molecule has 1 saturated carbocycles. The Labute approximate surface area is 98.4 Å². The minimum Gasteiger partial charge on any atom is -0.481 e. The zero-order valence-corrected chi connectivity index (χ0v) is 10.1. The van der Waals surface area contributed by atoms with Gasteiger partial charge in [0.1, 0.15) is 0 Å². The monoisotopic (exact) mass is 226 g/mol. The lowest BCUT2D eigenvalue weighted by molar-refractivity contribution is -0.145. The number of hydrogen-bond donors (Lipinski definition) is 1. The molecule has 2 unspecified atom stereocenters. The summed E-state index contributed by atoms with van der Waals surface area (Å²) in [7, 11) is 0. The minimum absolute atomic E-state index is 0.0788. The van der Waals surface area contributed by atoms with E-state index >= 15 is 0 Å². The van der Waals surface area contributed by atoms with Crippen molar-refractivity contribution in [1.82, 2.24) is 5.73 Å². The van der Waals surface area contributed by atoms with Gasteiger partial charge in [-0.2, -0.15) is 0 Å². The second-order valence-electron chi connectivity index (χ2n) is 4.94. The topological polar surface area (TPSA) is 61.1 Å². The van der Waals surface area contributed by atoms with Gasteiger partial charge < -0.3 is 5.11 Å². The van der Waals surface area contributed by atoms with Gasteiger partial charge in [0.25, 0.3) is 0 Å². The van der Waals surface area contributed by atoms with E-state index in [-0.39, 0.29) is 5.92 Å². The standard InChI is InChI=1S/C13H24NO2/c14-10-6-2-1-3-7-11-8-4-5-9-12(11)13(15)16/h11-12,14H,1-10H2,(H,15,16). The van der Waals surface area contributed by atoms with Gasteiger partial charge in [0.05, 0.1) is 5.92 Å². The van der Waals surface area contributed by atoms with Crippen LogP contribution in [0.3, 0.4) is 0 Å². The highest BCUT2D eigenvalue weighted by Crippen LogP contribution is 2.33. The van der Waals surface area contributed by atoms with Crippen molar-refractivity contribution in [3.8, 4) is 0 Å². The molecule has 2 atom stereocenters. The highest BCUT2D eigenvalue weighted by Gasteiger charge is 2.29. The van der Waals surface area contributed by atoms with E-state index in [1.165, 1.54) is 12.8 Å². The van der Waals surface area contributed by atoms with Gasteiger partial charge >= 0.3 is 5.97 Å². The van der Waals surface area contributed by atoms with Crippen LogP contribution in [0.25, 0.3) is 0 Å². The van der Waals surface area contributed by atoms with Crippen molar-refractivity contribution in [2.75, 3.05) is 6.54 Å². The summed E-state index contributed by atoms with van der Waals surface area (Å²) < 4.78 is 0. The van der Waals surface area contributed by atoms with Crippen molar-refractivity contribution in [2.45, 2.75) is 57.8 Å². The summed E-state index contributed by atoms with van der Waals surface area (Å²) in [6, 6.07) is 0. The average Bonchev–Trinajstić information content (AvgIpc) is 2.29. The van der Waals surface area contributed by atoms with Crippen LogP contribution in [-0.2, 0) is 4.79 Å². The molecule has 0 bridgehead atoms. The molecule has 2 N–H and O–H groups in total. The van der Waals surface area contributed by atoms with E-state index in [0.717, 1.165) is 44.9 Å². The number of carboxylic acids is 1. The van der Waals surface area contributed by atoms with E-state index < -0.39 is 5.97 Å². The molecule has 0 spiro atoms. The maximum atomic E-state index is 11.1. The number of hydrogen-bond acceptors (Lipinski definition) is 1. The number of unbranched alkanes of at least 4 members (excludes halogenated alkanes) is 3. The molecule has 0 heterocycles. The predicted octanol–water partition coefficient (Wildman–Crippen LogP) is 3.11. The van der Waals surface area contributed by atoms with Crippen LogP contribution in [-0.4, -0.2) is 17.6 Å². The van der Waals surface area contributed by atoms with Crippen LogP contribution in [0.4, 0.5) is 0 Å². The molecular formula is C13H24NO2. The fourth-order valence-electron chi connectivity index (χ4n) is 2.76. The van der Waals surface area contributed by atoms with Gasteiger partial charge in [-0.25, -0.2) is 0 Å². The summed E-state index contributed by atoms with van der Waals surface area (Å²) in [6.07, 6.45) is 9.81. The highest BCUT2D eigenvalue weighted by atomic mass is 16.4. The third-order valence-corrected chi connectivity index (χ3v) is 3.73. The fraction of sp³-hybridized carbons (Fsp3) is 0.923. The molecule has 1 aliphatic carbocycles. The molecule has 1 radical (unpaired) electrons. The summed E-state index contributed by atoms with van der Waals surface area (Å²) in [5.41, 5.74) is 7.04. The third-order valence-electron chi connectivity index (χ3n) is 3.73. The van der Waals surface area contributed by atoms with Gasteiger partial charge in [-0.05, 0) is 31.6 Å². The summed E-state index contributed by atoms with van der Waals surface area (Å²) in [4.78, 5) is 11.1. The molecule has 0 aromatic rings. The maximum absolute atomic E-state index is 11.1. The smallest absolute Gasteiger partial charge is 0.306 e. The Balaban J connectivity index is 2.19. The second kappa shape index (κ2) is 7.66. The number of nitrogens with one attached hydrogen (secondary N) is 1. The predicted molar refractivity (Wildman–Crippen MR) is 64.1 cm³/mol. The normalized spacial score (nSPS) is 25.6. The van der Waals surface area contributed by atoms with Crippen LogP contribution in [0.2, 0.25) is 0 Å². The van der Waals surface area contributed by atoms with Gasteiger partial charge in [-0.3, -0.25) is 10.5 Å². The lowest BCUT2D eigenvalue weighted by Gasteiger charge is -2.28. The Morgan fingerprint density at radius 2 is 1.81 bits per heavy atom. The second-order valence-corrected chi connectivity index (χ2v) is 4.94. The molecule has 0 aromatic heterocycles. The van der Waals surface area contributed by atoms with Gasteiger partial charge in [0.2, 0.25) is 0 Å². The van der Waals surface area contributed by atoms with Crippen molar-refractivity contribution in [3.63, 3.8) is 0 Å². The first kappa shape index (κ1) is 13.5. The molecule has 0 saturated heterocycles. The van der Waals surface area contributed by atoms with Crippen LogP contribution < -0.4 is 5.73 Å². The number of rotatable bonds is 7. The first-order valence-electron chi connectivity index (χ1n) is 6.63. The average molecular weight is 226 g/mol. The molecule has 93 valence electrons. The van der Waals surface area contributed by atoms with Crippen LogP contribution in [0, 0.1) is 11.8 Å². The highest BCUT2D eigenvalue weighted by molar-refractivity contribution is 5.70. The Morgan fingerprint density at radius 3 is 2.50 bits per heavy atom. The number of carbonyl (C=O) groups is 1. The van der Waals surface area contributed by atoms with Gasteiger partial charge in [0.15, 0.2) is 0 Å². The molecule has 1 aliphatic rings. The molecule has 0 amide bonds. The first-order chi connectivity index (χ1) is 7.75. The lowest BCUT2D eigenvalue weighted by Crippen LogP contribution is -2.26. The molecule has 3 heteroatoms. The van der Waals surface area contributed by atoms with E-state index in [2.05, 4.69) is 0 Å². The van der Waals surface area contributed by atoms with E-state index in [9.17, 15) is 4.79 Å². The molecule has 16 heavy (non-hydrogen) atoms. The Hall–Kier alpha value is -0.570. The van der Waals surface area contributed by atoms with Crippen molar-refractivity contribution in [2.24, 2.45) is 11.8 Å². The summed E-state index contributed by atoms with van der Waals surface area (Å²) in [6.45, 7) is 0.529. The fourth-order valence-corrected chi connectivity index (χ4v) is 2.76. The Bertz CT molecular complexity index is 206. The van der Waals surface area contributed by atoms with Crippen molar-refractivity contribution < 1.29 is 9.90 Å². The van der Waals surface area contributed by atoms with Crippen LogP contribution in [0.5, 0.6) is 0 Å². The molecular weight excluding hydrogens is 202 g/mol. The van der Waals surface area contributed by atoms with E-state index in [4.69, 9.17) is 10.8 Å². The van der Waals surface area contributed by atoms with Gasteiger partial charge in [-0.1, -0.05) is 32.1 Å². The Kier molecular flexibility index (Phi) is 6.46. The number of carboxylic acid groups (broad SMARTS) is 1. The SMILES string of the molecule is [NH]CCCCCCC1CCCCC1C(=O)O. The Morgan fingerprint density at radius 1 is 1.12 bits per heavy atom. The van der Waals surface area contributed by atoms with Crippen molar-refractivity contribution >= 4 is 5.97 Å². The zero-order valence-electron chi connectivity index (χ0n) is 10.1. The minimum atomic E-state index is -0.587. The van der Waals surface area contributed by atoms with Crippen molar-refractivity contribution in [1.29, 1.82) is 0 Å². The van der Waals surface area contributed by atoms with Gasteiger partial charge in [0, 0.05) is 6.54 Å². The zero-order chi connectivity index (χ0) is 11.8. The molecule has 1 fully saturated rings. The molecule has 0 aliphatic heterocycles. The third kappa shape index (κ3) is 4.52. The molecule has 1 rings (SSSR count). The maximum Gasteiger partial charge on any atom is 0.306 e. The van der Waals surface area contributed by atoms with Gasteiger partial charge in [-0.15, -0.1) is 0 Å². The summed E-state index contributed by atoms with van der Waals surface area (Å²) in [5.74, 6) is -0.247. The summed E-state index contributed by atoms with van der Waals surface area (Å²) >= 11 is 0. The van der Waals surface area contributed by atoms with E-state index in [1.807, 2.05) is 0 Å². The van der Waals surface area contributed by atoms with E-state index in [0.29, 0.717) is 12.5 Å². The largest absolute Gasteiger partial charge is 0.481 e. The van der Waals surface area contributed by atoms with Crippen LogP contribution in [0.1, 0.15) is 57.8 Å². The number of aliphatic carboxylic acids is 1.